The molecule has 184 valence electrons. The topological polar surface area (TPSA) is 72.5 Å². The molecule has 0 bridgehead atoms. The summed E-state index contributed by atoms with van der Waals surface area (Å²) in [6, 6.07) is 14.0. The minimum absolute atomic E-state index is 0.191. The number of methoxy groups -OCH3 is 4. The van der Waals surface area contributed by atoms with Gasteiger partial charge in [-0.1, -0.05) is 35.9 Å². The van der Waals surface area contributed by atoms with Gasteiger partial charge in [0.05, 0.1) is 40.1 Å². The molecule has 0 N–H and O–H groups in total. The quantitative estimate of drug-likeness (QED) is 0.233. The van der Waals surface area contributed by atoms with E-state index in [9.17, 15) is 4.79 Å². The molecule has 0 radical (unpaired) electrons. The van der Waals surface area contributed by atoms with Crippen LogP contribution in [0.15, 0.2) is 48.5 Å². The van der Waals surface area contributed by atoms with Gasteiger partial charge in [-0.2, -0.15) is 0 Å². The molecular formula is C27H27ClO7. The number of para-hydroxylation sites is 1. The summed E-state index contributed by atoms with van der Waals surface area (Å²) in [4.78, 5) is 12.4. The van der Waals surface area contributed by atoms with Gasteiger partial charge < -0.3 is 28.4 Å². The summed E-state index contributed by atoms with van der Waals surface area (Å²) in [6.45, 7) is 1.96. The molecule has 0 spiro atoms. The van der Waals surface area contributed by atoms with E-state index in [-0.39, 0.29) is 22.9 Å². The summed E-state index contributed by atoms with van der Waals surface area (Å²) in [5, 5.41) is 0.274. The average molecular weight is 499 g/mol. The van der Waals surface area contributed by atoms with E-state index in [0.717, 1.165) is 11.1 Å². The van der Waals surface area contributed by atoms with Crippen molar-refractivity contribution in [2.75, 3.05) is 35.0 Å². The van der Waals surface area contributed by atoms with Crippen LogP contribution in [-0.2, 0) is 4.74 Å². The van der Waals surface area contributed by atoms with Gasteiger partial charge in [-0.15, -0.1) is 0 Å². The summed E-state index contributed by atoms with van der Waals surface area (Å²) in [5.74, 6) is 2.15. The fourth-order valence-corrected chi connectivity index (χ4v) is 3.57. The Kier molecular flexibility index (Phi) is 8.86. The molecule has 8 heteroatoms. The Labute approximate surface area is 209 Å². The van der Waals surface area contributed by atoms with Gasteiger partial charge in [0.15, 0.2) is 28.7 Å². The van der Waals surface area contributed by atoms with Gasteiger partial charge in [-0.3, -0.25) is 0 Å². The summed E-state index contributed by atoms with van der Waals surface area (Å²) in [7, 11) is 6.22. The van der Waals surface area contributed by atoms with Crippen LogP contribution >= 0.6 is 11.6 Å². The third kappa shape index (κ3) is 6.00. The van der Waals surface area contributed by atoms with Crippen molar-refractivity contribution < 1.29 is 33.2 Å². The number of hydrogen-bond acceptors (Lipinski definition) is 7. The highest BCUT2D eigenvalue weighted by molar-refractivity contribution is 6.32. The summed E-state index contributed by atoms with van der Waals surface area (Å²) < 4.78 is 32.9. The number of esters is 1. The van der Waals surface area contributed by atoms with Crippen molar-refractivity contribution >= 4 is 29.7 Å². The van der Waals surface area contributed by atoms with Crippen LogP contribution in [0.5, 0.6) is 34.5 Å². The fourth-order valence-electron chi connectivity index (χ4n) is 3.36. The van der Waals surface area contributed by atoms with Gasteiger partial charge in [-0.05, 0) is 54.4 Å². The molecule has 0 aliphatic rings. The number of hydrogen-bond donors (Lipinski definition) is 0. The predicted molar refractivity (Wildman–Crippen MR) is 136 cm³/mol. The van der Waals surface area contributed by atoms with Gasteiger partial charge in [0.2, 0.25) is 5.75 Å². The Balaban J connectivity index is 1.97. The van der Waals surface area contributed by atoms with Crippen molar-refractivity contribution in [3.8, 4) is 34.5 Å². The number of rotatable bonds is 10. The normalized spacial score (nSPS) is 10.7. The molecule has 0 saturated heterocycles. The van der Waals surface area contributed by atoms with E-state index >= 15 is 0 Å². The highest BCUT2D eigenvalue weighted by Gasteiger charge is 2.19. The Bertz CT molecular complexity index is 1200. The minimum Gasteiger partial charge on any atom is -0.493 e. The van der Waals surface area contributed by atoms with Crippen molar-refractivity contribution in [3.05, 3.63) is 70.2 Å². The van der Waals surface area contributed by atoms with E-state index < -0.39 is 5.97 Å². The molecular weight excluding hydrogens is 472 g/mol. The maximum atomic E-state index is 12.4. The molecule has 35 heavy (non-hydrogen) atoms. The van der Waals surface area contributed by atoms with Crippen LogP contribution in [0.4, 0.5) is 0 Å². The lowest BCUT2D eigenvalue weighted by Gasteiger charge is -2.15. The maximum absolute atomic E-state index is 12.4. The maximum Gasteiger partial charge on any atom is 0.341 e. The summed E-state index contributed by atoms with van der Waals surface area (Å²) in [6.07, 6.45) is 3.79. The van der Waals surface area contributed by atoms with Crippen LogP contribution in [-0.4, -0.2) is 41.0 Å². The van der Waals surface area contributed by atoms with Crippen LogP contribution in [0.3, 0.4) is 0 Å². The van der Waals surface area contributed by atoms with Gasteiger partial charge in [0, 0.05) is 0 Å². The highest BCUT2D eigenvalue weighted by Crippen LogP contribution is 2.40. The molecule has 0 aliphatic heterocycles. The zero-order valence-corrected chi connectivity index (χ0v) is 21.0. The first kappa shape index (κ1) is 25.8. The van der Waals surface area contributed by atoms with Crippen molar-refractivity contribution in [2.24, 2.45) is 0 Å². The molecule has 0 atom stereocenters. The van der Waals surface area contributed by atoms with Crippen LogP contribution < -0.4 is 23.7 Å². The Morgan fingerprint density at radius 1 is 0.771 bits per heavy atom. The lowest BCUT2D eigenvalue weighted by atomic mass is 10.1. The summed E-state index contributed by atoms with van der Waals surface area (Å²) in [5.41, 5.74) is 1.88. The molecule has 0 fully saturated rings. The SMILES string of the molecule is CCOC(=O)c1cccc(Cl)c1Oc1cc(C=Cc2cc(OC)c(OC)c(OC)c2)ccc1OC. The van der Waals surface area contributed by atoms with Gasteiger partial charge in [-0.25, -0.2) is 4.79 Å². The first-order valence-electron chi connectivity index (χ1n) is 10.7. The van der Waals surface area contributed by atoms with Crippen molar-refractivity contribution in [2.45, 2.75) is 6.92 Å². The Morgan fingerprint density at radius 3 is 2.00 bits per heavy atom. The Hall–Kier alpha value is -3.84. The largest absolute Gasteiger partial charge is 0.493 e. The number of carbonyl (C=O) groups excluding carboxylic acids is 1. The Morgan fingerprint density at radius 2 is 1.40 bits per heavy atom. The number of halogens is 1. The van der Waals surface area contributed by atoms with Gasteiger partial charge in [0.1, 0.15) is 5.56 Å². The summed E-state index contributed by atoms with van der Waals surface area (Å²) >= 11 is 6.36. The lowest BCUT2D eigenvalue weighted by Crippen LogP contribution is -2.07. The second-order valence-corrected chi connectivity index (χ2v) is 7.55. The van der Waals surface area contributed by atoms with Crippen LogP contribution in [0.1, 0.15) is 28.4 Å². The van der Waals surface area contributed by atoms with E-state index in [2.05, 4.69) is 0 Å². The van der Waals surface area contributed by atoms with E-state index in [1.165, 1.54) is 7.11 Å². The second kappa shape index (κ2) is 12.0. The molecule has 0 aliphatic carbocycles. The first-order chi connectivity index (χ1) is 16.9. The van der Waals surface area contributed by atoms with Crippen LogP contribution in [0, 0.1) is 0 Å². The van der Waals surface area contributed by atoms with E-state index in [0.29, 0.717) is 28.7 Å². The van der Waals surface area contributed by atoms with Crippen LogP contribution in [0.25, 0.3) is 12.2 Å². The fraction of sp³-hybridized carbons (Fsp3) is 0.222. The van der Waals surface area contributed by atoms with Crippen molar-refractivity contribution in [1.82, 2.24) is 0 Å². The van der Waals surface area contributed by atoms with Gasteiger partial charge >= 0.3 is 5.97 Å². The number of carbonyl (C=O) groups is 1. The molecule has 7 nitrogen and oxygen atoms in total. The van der Waals surface area contributed by atoms with Crippen molar-refractivity contribution in [3.63, 3.8) is 0 Å². The average Bonchev–Trinajstić information content (AvgIpc) is 2.88. The molecule has 0 saturated carbocycles. The van der Waals surface area contributed by atoms with E-state index in [4.69, 9.17) is 40.0 Å². The minimum atomic E-state index is -0.526. The second-order valence-electron chi connectivity index (χ2n) is 7.14. The van der Waals surface area contributed by atoms with Crippen molar-refractivity contribution in [1.29, 1.82) is 0 Å². The molecule has 3 rings (SSSR count). The first-order valence-corrected chi connectivity index (χ1v) is 11.1. The standard InChI is InChI=1S/C27H27ClO7/c1-6-34-27(29)19-8-7-9-20(28)25(19)35-22-14-17(12-13-21(22)30-2)10-11-18-15-23(31-3)26(33-5)24(16-18)32-4/h7-16H,6H2,1-5H3. The van der Waals surface area contributed by atoms with Gasteiger partial charge in [0.25, 0.3) is 0 Å². The molecule has 0 aromatic heterocycles. The lowest BCUT2D eigenvalue weighted by molar-refractivity contribution is 0.0523. The predicted octanol–water partition coefficient (Wildman–Crippen LogP) is 6.51. The third-order valence-corrected chi connectivity index (χ3v) is 5.31. The third-order valence-electron chi connectivity index (χ3n) is 5.02. The number of benzene rings is 3. The molecule has 0 unspecified atom stereocenters. The molecule has 3 aromatic carbocycles. The monoisotopic (exact) mass is 498 g/mol. The molecule has 0 heterocycles. The van der Waals surface area contributed by atoms with Crippen LogP contribution in [0.2, 0.25) is 5.02 Å². The smallest absolute Gasteiger partial charge is 0.341 e. The zero-order valence-electron chi connectivity index (χ0n) is 20.2. The van der Waals surface area contributed by atoms with E-state index in [1.54, 1.807) is 58.6 Å². The number of ether oxygens (including phenoxy) is 6. The molecule has 3 aromatic rings. The highest BCUT2D eigenvalue weighted by atomic mass is 35.5. The van der Waals surface area contributed by atoms with E-state index in [1.807, 2.05) is 30.4 Å². The molecule has 0 amide bonds. The zero-order chi connectivity index (χ0) is 25.4.